The maximum absolute atomic E-state index is 13.6. The summed E-state index contributed by atoms with van der Waals surface area (Å²) in [4.78, 5) is 16.2. The van der Waals surface area contributed by atoms with Gasteiger partial charge in [-0.05, 0) is 69.0 Å². The van der Waals surface area contributed by atoms with E-state index in [1.54, 1.807) is 6.07 Å². The van der Waals surface area contributed by atoms with E-state index in [0.29, 0.717) is 31.4 Å². The van der Waals surface area contributed by atoms with Gasteiger partial charge in [0, 0.05) is 18.8 Å². The van der Waals surface area contributed by atoms with E-state index in [1.807, 2.05) is 13.8 Å². The predicted molar refractivity (Wildman–Crippen MR) is 124 cm³/mol. The molecule has 3 heterocycles. The monoisotopic (exact) mass is 526 g/mol. The third-order valence-electron chi connectivity index (χ3n) is 5.51. The predicted octanol–water partition coefficient (Wildman–Crippen LogP) is 6.26. The number of pyridine rings is 1. The van der Waals surface area contributed by atoms with Gasteiger partial charge in [-0.2, -0.15) is 41.3 Å². The molecule has 7 nitrogen and oxygen atoms in total. The van der Waals surface area contributed by atoms with E-state index in [0.717, 1.165) is 18.2 Å². The number of rotatable bonds is 1. The molecule has 0 saturated carbocycles. The van der Waals surface area contributed by atoms with Crippen LogP contribution in [0.15, 0.2) is 36.4 Å². The molecule has 0 atom stereocenters. The summed E-state index contributed by atoms with van der Waals surface area (Å²) in [7, 11) is 0. The summed E-state index contributed by atoms with van der Waals surface area (Å²) < 4.78 is 86.3. The molecule has 0 saturated heterocycles. The van der Waals surface area contributed by atoms with Gasteiger partial charge in [-0.3, -0.25) is 0 Å². The number of hydrogen-bond donors (Lipinski definition) is 2. The number of anilines is 3. The average Bonchev–Trinajstić information content (AvgIpc) is 2.81. The molecule has 0 unspecified atom stereocenters. The molecule has 0 spiro atoms. The first-order valence-corrected chi connectivity index (χ1v) is 11.5. The van der Waals surface area contributed by atoms with Crippen molar-refractivity contribution in [2.45, 2.75) is 51.1 Å². The van der Waals surface area contributed by atoms with Gasteiger partial charge in [0.25, 0.3) is 0 Å². The van der Waals surface area contributed by atoms with E-state index < -0.39 is 29.2 Å². The minimum Gasteiger partial charge on any atom is -0.374 e. The fraction of sp³-hybridized carbons (Fsp3) is 0.417. The molecular formula is C24H24F6N6O. The molecule has 0 radical (unpaired) electrons. The zero-order valence-corrected chi connectivity index (χ0v) is 20.0. The Morgan fingerprint density at radius 1 is 0.865 bits per heavy atom. The van der Waals surface area contributed by atoms with Crippen molar-refractivity contribution in [3.63, 3.8) is 0 Å². The van der Waals surface area contributed by atoms with E-state index in [4.69, 9.17) is 4.74 Å². The van der Waals surface area contributed by atoms with Crippen LogP contribution < -0.4 is 10.6 Å². The molecule has 3 aromatic rings. The highest BCUT2D eigenvalue weighted by atomic mass is 19.4. The molecule has 1 aliphatic rings. The third-order valence-corrected chi connectivity index (χ3v) is 5.51. The van der Waals surface area contributed by atoms with Gasteiger partial charge in [-0.25, -0.2) is 4.98 Å². The zero-order chi connectivity index (χ0) is 26.8. The second-order valence-corrected chi connectivity index (χ2v) is 9.17. The quantitative estimate of drug-likeness (QED) is 0.362. The minimum absolute atomic E-state index is 0.00884. The number of nitrogens with zero attached hydrogens (tertiary/aromatic N) is 4. The van der Waals surface area contributed by atoms with E-state index in [2.05, 4.69) is 30.6 Å². The Bertz CT molecular complexity index is 1260. The summed E-state index contributed by atoms with van der Waals surface area (Å²) in [6, 6.07) is 6.85. The fourth-order valence-corrected chi connectivity index (χ4v) is 3.67. The van der Waals surface area contributed by atoms with Crippen LogP contribution in [0.2, 0.25) is 0 Å². The fourth-order valence-electron chi connectivity index (χ4n) is 3.67. The Morgan fingerprint density at radius 2 is 1.62 bits per heavy atom. The van der Waals surface area contributed by atoms with Crippen LogP contribution in [0.5, 0.6) is 0 Å². The van der Waals surface area contributed by atoms with E-state index in [9.17, 15) is 26.3 Å². The molecule has 4 bridgehead atoms. The number of nitrogens with one attached hydrogen (secondary N) is 2. The topological polar surface area (TPSA) is 84.9 Å². The number of hydrogen-bond acceptors (Lipinski definition) is 7. The molecule has 4 rings (SSSR count). The van der Waals surface area contributed by atoms with Crippen molar-refractivity contribution in [2.24, 2.45) is 0 Å². The molecule has 1 aliphatic heterocycles. The van der Waals surface area contributed by atoms with Crippen LogP contribution in [0, 0.1) is 0 Å². The van der Waals surface area contributed by atoms with E-state index in [1.165, 1.54) is 12.1 Å². The summed E-state index contributed by atoms with van der Waals surface area (Å²) in [5.41, 5.74) is -2.28. The Morgan fingerprint density at radius 3 is 2.35 bits per heavy atom. The first-order chi connectivity index (χ1) is 17.3. The summed E-state index contributed by atoms with van der Waals surface area (Å²) in [6.45, 7) is 4.32. The molecule has 198 valence electrons. The summed E-state index contributed by atoms with van der Waals surface area (Å²) in [5.74, 6) is -0.364. The Hall–Kier alpha value is -3.48. The highest BCUT2D eigenvalue weighted by Gasteiger charge is 2.33. The maximum atomic E-state index is 13.6. The summed E-state index contributed by atoms with van der Waals surface area (Å²) in [5, 5.41) is 5.74. The van der Waals surface area contributed by atoms with Crippen LogP contribution in [-0.2, 0) is 23.5 Å². The summed E-state index contributed by atoms with van der Waals surface area (Å²) >= 11 is 0. The lowest BCUT2D eigenvalue weighted by atomic mass is 10.0. The minimum atomic E-state index is -4.69. The van der Waals surface area contributed by atoms with Gasteiger partial charge in [0.05, 0.1) is 11.2 Å². The lowest BCUT2D eigenvalue weighted by Crippen LogP contribution is -2.34. The van der Waals surface area contributed by atoms with Crippen molar-refractivity contribution in [2.75, 3.05) is 23.8 Å². The number of fused-ring (bicyclic) bond motifs is 4. The second-order valence-electron chi connectivity index (χ2n) is 9.17. The third kappa shape index (κ3) is 7.06. The largest absolute Gasteiger partial charge is 0.433 e. The molecule has 2 aromatic heterocycles. The molecule has 0 fully saturated rings. The molecule has 2 N–H and O–H groups in total. The molecular weight excluding hydrogens is 502 g/mol. The van der Waals surface area contributed by atoms with Crippen LogP contribution in [0.1, 0.15) is 43.5 Å². The van der Waals surface area contributed by atoms with Crippen molar-refractivity contribution in [3.8, 4) is 11.5 Å². The number of aryl methyl sites for hydroxylation is 1. The first-order valence-electron chi connectivity index (χ1n) is 11.5. The van der Waals surface area contributed by atoms with Crippen molar-refractivity contribution in [3.05, 3.63) is 53.2 Å². The SMILES string of the molecule is CC1(C)CNc2nc(nc(-c3cccc(C(F)(F)F)n3)n2)Nc2cc(cc(C(F)(F)F)c2)CCCCO1. The van der Waals surface area contributed by atoms with Crippen LogP contribution in [0.25, 0.3) is 11.5 Å². The average molecular weight is 526 g/mol. The zero-order valence-electron chi connectivity index (χ0n) is 20.0. The first kappa shape index (κ1) is 26.6. The number of ether oxygens (including phenoxy) is 1. The number of aromatic nitrogens is 4. The van der Waals surface area contributed by atoms with Crippen LogP contribution in [0.4, 0.5) is 43.9 Å². The van der Waals surface area contributed by atoms with Crippen molar-refractivity contribution >= 4 is 17.6 Å². The number of alkyl halides is 6. The summed E-state index contributed by atoms with van der Waals surface area (Å²) in [6.07, 6.45) is -7.63. The number of halogens is 6. The van der Waals surface area contributed by atoms with Crippen molar-refractivity contribution in [1.82, 2.24) is 19.9 Å². The molecule has 13 heteroatoms. The van der Waals surface area contributed by atoms with E-state index in [-0.39, 0.29) is 35.6 Å². The van der Waals surface area contributed by atoms with Gasteiger partial charge in [0.2, 0.25) is 11.9 Å². The van der Waals surface area contributed by atoms with Crippen molar-refractivity contribution < 1.29 is 31.1 Å². The maximum Gasteiger partial charge on any atom is 0.433 e. The van der Waals surface area contributed by atoms with Gasteiger partial charge < -0.3 is 15.4 Å². The Balaban J connectivity index is 1.80. The lowest BCUT2D eigenvalue weighted by molar-refractivity contribution is -0.141. The van der Waals surface area contributed by atoms with Gasteiger partial charge >= 0.3 is 12.4 Å². The Kier molecular flexibility index (Phi) is 7.27. The standard InChI is InChI=1S/C24H24F6N6O/c1-22(2)13-31-20-34-19(17-7-5-8-18(33-17)24(28,29)30)35-21(36-20)32-16-11-14(6-3-4-9-37-22)10-15(12-16)23(25,26)27/h5,7-8,10-12H,3-4,6,9,13H2,1-2H3,(H2,31,32,34,35,36). The molecule has 1 aromatic carbocycles. The van der Waals surface area contributed by atoms with Gasteiger partial charge in [0.15, 0.2) is 5.82 Å². The normalized spacial score (nSPS) is 16.6. The highest BCUT2D eigenvalue weighted by molar-refractivity contribution is 5.60. The van der Waals surface area contributed by atoms with Gasteiger partial charge in [-0.15, -0.1) is 0 Å². The van der Waals surface area contributed by atoms with Gasteiger partial charge in [0.1, 0.15) is 11.4 Å². The highest BCUT2D eigenvalue weighted by Crippen LogP contribution is 2.34. The van der Waals surface area contributed by atoms with Crippen molar-refractivity contribution in [1.29, 1.82) is 0 Å². The van der Waals surface area contributed by atoms with Crippen LogP contribution >= 0.6 is 0 Å². The van der Waals surface area contributed by atoms with Crippen LogP contribution in [0.3, 0.4) is 0 Å². The smallest absolute Gasteiger partial charge is 0.374 e. The van der Waals surface area contributed by atoms with E-state index >= 15 is 0 Å². The second kappa shape index (κ2) is 10.1. The van der Waals surface area contributed by atoms with Crippen LogP contribution in [-0.4, -0.2) is 38.7 Å². The molecule has 0 aliphatic carbocycles. The van der Waals surface area contributed by atoms with Gasteiger partial charge in [-0.1, -0.05) is 6.07 Å². The Labute approximate surface area is 208 Å². The number of benzene rings is 1. The lowest BCUT2D eigenvalue weighted by Gasteiger charge is -2.25. The molecule has 0 amide bonds. The molecule has 37 heavy (non-hydrogen) atoms.